The molecule has 1 atom stereocenters. The molecule has 4 aromatic carbocycles. The van der Waals surface area contributed by atoms with Gasteiger partial charge in [0.15, 0.2) is 6.10 Å². The summed E-state index contributed by atoms with van der Waals surface area (Å²) in [5.74, 6) is -0.913. The Balaban J connectivity index is 1.06. The van der Waals surface area contributed by atoms with Crippen LogP contribution < -0.4 is 0 Å². The maximum Gasteiger partial charge on any atom is 0.306 e. The second-order valence-corrected chi connectivity index (χ2v) is 20.7. The minimum atomic E-state index is -0.797. The van der Waals surface area contributed by atoms with Crippen LogP contribution in [0.4, 0.5) is 0 Å². The molecule has 0 fully saturated rings. The van der Waals surface area contributed by atoms with Crippen molar-refractivity contribution in [3.05, 3.63) is 84.5 Å². The molecule has 0 heterocycles. The lowest BCUT2D eigenvalue weighted by Crippen LogP contribution is -2.30. The highest BCUT2D eigenvalue weighted by atomic mass is 16.6. The number of rotatable bonds is 45. The monoisotopic (exact) mass is 975 g/mol. The summed E-state index contributed by atoms with van der Waals surface area (Å²) in [5.41, 5.74) is 1.44. The van der Waals surface area contributed by atoms with Crippen LogP contribution in [0.1, 0.15) is 251 Å². The Kier molecular flexibility index (Phi) is 32.9. The summed E-state index contributed by atoms with van der Waals surface area (Å²) in [6.07, 6.45) is 49.3. The van der Waals surface area contributed by atoms with Crippen molar-refractivity contribution in [3.63, 3.8) is 0 Å². The fourth-order valence-electron chi connectivity index (χ4n) is 10.0. The molecule has 4 rings (SSSR count). The van der Waals surface area contributed by atoms with E-state index < -0.39 is 6.10 Å². The number of ether oxygens (including phenoxy) is 3. The van der Waals surface area contributed by atoms with Gasteiger partial charge < -0.3 is 14.2 Å². The first kappa shape index (κ1) is 59.4. The molecular weight excluding hydrogens is 877 g/mol. The lowest BCUT2D eigenvalue weighted by molar-refractivity contribution is -0.167. The maximum absolute atomic E-state index is 12.9. The van der Waals surface area contributed by atoms with Crippen molar-refractivity contribution in [2.24, 2.45) is 0 Å². The van der Waals surface area contributed by atoms with Gasteiger partial charge >= 0.3 is 17.9 Å². The summed E-state index contributed by atoms with van der Waals surface area (Å²) < 4.78 is 17.0. The highest BCUT2D eigenvalue weighted by Gasteiger charge is 2.20. The summed E-state index contributed by atoms with van der Waals surface area (Å²) in [7, 11) is 0. The summed E-state index contributed by atoms with van der Waals surface area (Å²) >= 11 is 0. The molecule has 0 aliphatic heterocycles. The van der Waals surface area contributed by atoms with Crippen molar-refractivity contribution in [3.8, 4) is 0 Å². The van der Waals surface area contributed by atoms with E-state index in [4.69, 9.17) is 14.2 Å². The number of carbonyl (C=O) groups is 3. The number of carbonyl (C=O) groups excluding carboxylic acids is 3. The van der Waals surface area contributed by atoms with Crippen molar-refractivity contribution in [1.82, 2.24) is 0 Å². The van der Waals surface area contributed by atoms with Crippen LogP contribution in [-0.4, -0.2) is 37.2 Å². The Hall–Kier alpha value is -4.19. The van der Waals surface area contributed by atoms with Crippen LogP contribution in [0.15, 0.2) is 78.9 Å². The van der Waals surface area contributed by atoms with Gasteiger partial charge in [-0.3, -0.25) is 14.4 Å². The fourth-order valence-corrected chi connectivity index (χ4v) is 10.0. The molecule has 1 unspecified atom stereocenters. The van der Waals surface area contributed by atoms with E-state index in [1.807, 2.05) is 0 Å². The third-order valence-corrected chi connectivity index (χ3v) is 14.4. The molecule has 0 saturated heterocycles. The van der Waals surface area contributed by atoms with Gasteiger partial charge in [0.1, 0.15) is 13.2 Å². The number of unbranched alkanes of at least 4 members (excludes halogenated alkanes) is 28. The Morgan fingerprint density at radius 1 is 0.394 bits per heavy atom. The van der Waals surface area contributed by atoms with Gasteiger partial charge in [0, 0.05) is 19.3 Å². The molecule has 0 aliphatic rings. The van der Waals surface area contributed by atoms with Crippen LogP contribution >= 0.6 is 0 Å². The number of allylic oxidation sites excluding steroid dienone is 4. The van der Waals surface area contributed by atoms with Crippen molar-refractivity contribution in [1.29, 1.82) is 0 Å². The molecule has 0 bridgehead atoms. The number of hydrogen-bond donors (Lipinski definition) is 0. The number of benzene rings is 4. The van der Waals surface area contributed by atoms with Crippen LogP contribution in [0.25, 0.3) is 32.3 Å². The van der Waals surface area contributed by atoms with Crippen LogP contribution in [0.2, 0.25) is 0 Å². The van der Waals surface area contributed by atoms with Gasteiger partial charge in [0.25, 0.3) is 0 Å². The minimum absolute atomic E-state index is 0.0913. The zero-order valence-electron chi connectivity index (χ0n) is 45.1. The highest BCUT2D eigenvalue weighted by Crippen LogP contribution is 2.36. The van der Waals surface area contributed by atoms with E-state index in [9.17, 15) is 14.4 Å². The second kappa shape index (κ2) is 39.4. The van der Waals surface area contributed by atoms with Gasteiger partial charge in [0.2, 0.25) is 0 Å². The predicted octanol–water partition coefficient (Wildman–Crippen LogP) is 19.3. The van der Waals surface area contributed by atoms with Gasteiger partial charge in [-0.05, 0) is 121 Å². The SMILES string of the molecule is CCCCCCCC/C=C\CCCCCCCC(=O)OCC(COC(=O)CCCCCCCCCc1ccc2ccc3cccc4ccc1c2c34)OC(=O)CCCCCCC/C=C\CCCCCCCC. The largest absolute Gasteiger partial charge is 0.462 e. The van der Waals surface area contributed by atoms with E-state index in [0.717, 1.165) is 89.9 Å². The van der Waals surface area contributed by atoms with Gasteiger partial charge in [-0.15, -0.1) is 0 Å². The first-order valence-corrected chi connectivity index (χ1v) is 29.5. The summed E-state index contributed by atoms with van der Waals surface area (Å²) in [6.45, 7) is 4.34. The second-order valence-electron chi connectivity index (χ2n) is 20.7. The molecule has 0 radical (unpaired) electrons. The molecule has 0 saturated carbocycles. The molecule has 71 heavy (non-hydrogen) atoms. The molecule has 0 spiro atoms. The Morgan fingerprint density at radius 3 is 1.23 bits per heavy atom. The van der Waals surface area contributed by atoms with Gasteiger partial charge in [-0.1, -0.05) is 228 Å². The van der Waals surface area contributed by atoms with Crippen LogP contribution in [0.5, 0.6) is 0 Å². The van der Waals surface area contributed by atoms with Crippen LogP contribution in [0.3, 0.4) is 0 Å². The van der Waals surface area contributed by atoms with Gasteiger partial charge in [-0.2, -0.15) is 0 Å². The molecule has 0 amide bonds. The zero-order valence-corrected chi connectivity index (χ0v) is 45.1. The fraction of sp³-hybridized carbons (Fsp3) is 0.646. The summed E-state index contributed by atoms with van der Waals surface area (Å²) in [4.78, 5) is 38.4. The van der Waals surface area contributed by atoms with Crippen molar-refractivity contribution in [2.45, 2.75) is 258 Å². The average Bonchev–Trinajstić information content (AvgIpc) is 3.38. The molecule has 6 nitrogen and oxygen atoms in total. The number of aryl methyl sites for hydroxylation is 1. The lowest BCUT2D eigenvalue weighted by atomic mass is 9.90. The Morgan fingerprint density at radius 2 is 0.761 bits per heavy atom. The third-order valence-electron chi connectivity index (χ3n) is 14.4. The minimum Gasteiger partial charge on any atom is -0.462 e. The normalized spacial score (nSPS) is 12.3. The first-order chi connectivity index (χ1) is 35.0. The Bertz CT molecular complexity index is 2030. The van der Waals surface area contributed by atoms with E-state index >= 15 is 0 Å². The molecule has 0 aliphatic carbocycles. The van der Waals surface area contributed by atoms with E-state index in [2.05, 4.69) is 92.7 Å². The van der Waals surface area contributed by atoms with Crippen LogP contribution in [-0.2, 0) is 35.0 Å². The van der Waals surface area contributed by atoms with Gasteiger partial charge in [-0.25, -0.2) is 0 Å². The average molecular weight is 975 g/mol. The van der Waals surface area contributed by atoms with E-state index in [1.54, 1.807) is 0 Å². The third kappa shape index (κ3) is 26.4. The first-order valence-electron chi connectivity index (χ1n) is 29.5. The van der Waals surface area contributed by atoms with E-state index in [-0.39, 0.29) is 31.1 Å². The predicted molar refractivity (Wildman–Crippen MR) is 301 cm³/mol. The van der Waals surface area contributed by atoms with Crippen molar-refractivity contribution in [2.75, 3.05) is 13.2 Å². The summed E-state index contributed by atoms with van der Waals surface area (Å²) in [5, 5.41) is 8.12. The molecule has 0 N–H and O–H groups in total. The van der Waals surface area contributed by atoms with Gasteiger partial charge in [0.05, 0.1) is 0 Å². The quantitative estimate of drug-likeness (QED) is 0.0144. The van der Waals surface area contributed by atoms with E-state index in [1.165, 1.54) is 166 Å². The Labute approximate surface area is 432 Å². The topological polar surface area (TPSA) is 78.9 Å². The van der Waals surface area contributed by atoms with E-state index in [0.29, 0.717) is 19.3 Å². The molecule has 394 valence electrons. The molecule has 4 aromatic rings. The summed E-state index contributed by atoms with van der Waals surface area (Å²) in [6, 6.07) is 20.3. The molecule has 6 heteroatoms. The molecule has 0 aromatic heterocycles. The lowest BCUT2D eigenvalue weighted by Gasteiger charge is -2.18. The number of esters is 3. The maximum atomic E-state index is 12.9. The zero-order chi connectivity index (χ0) is 50.2. The van der Waals surface area contributed by atoms with Crippen molar-refractivity contribution < 1.29 is 28.6 Å². The smallest absolute Gasteiger partial charge is 0.306 e. The van der Waals surface area contributed by atoms with Crippen molar-refractivity contribution >= 4 is 50.2 Å². The highest BCUT2D eigenvalue weighted by molar-refractivity contribution is 6.23. The standard InChI is InChI=1S/C65H98O6/c1-3-5-7-9-11-13-15-17-19-21-23-25-29-33-37-44-61(66)69-53-59(71-63(68)46-39-35-30-26-24-22-20-18-16-14-12-10-8-6-4-2)54-70-62(67)45-38-34-31-27-28-32-36-41-55-47-48-58-50-49-56-42-40-43-57-51-52-60(55)65(58)64(56)57/h17-20,40,42-43,47-52,59H,3-16,21-39,41,44-46,53-54H2,1-2H3/b19-17-,20-18-. The molecular formula is C65H98O6. The van der Waals surface area contributed by atoms with Crippen LogP contribution in [0, 0.1) is 0 Å². The number of hydrogen-bond acceptors (Lipinski definition) is 6.